The lowest BCUT2D eigenvalue weighted by Gasteiger charge is -2.30. The fourth-order valence-corrected chi connectivity index (χ4v) is 2.95. The molecule has 0 spiro atoms. The van der Waals surface area contributed by atoms with Crippen molar-refractivity contribution >= 4 is 15.9 Å². The maximum absolute atomic E-state index is 5.47. The average Bonchev–Trinajstić information content (AvgIpc) is 2.30. The van der Waals surface area contributed by atoms with Crippen LogP contribution in [0.3, 0.4) is 0 Å². The Hall–Kier alpha value is -0.500. The molecule has 1 nitrogen and oxygen atoms in total. The molecule has 0 N–H and O–H groups in total. The van der Waals surface area contributed by atoms with E-state index in [1.54, 1.807) is 7.11 Å². The summed E-state index contributed by atoms with van der Waals surface area (Å²) in [6, 6.07) is 6.33. The van der Waals surface area contributed by atoms with Crippen molar-refractivity contribution in [3.8, 4) is 5.75 Å². The molecule has 2 heteroatoms. The van der Waals surface area contributed by atoms with E-state index < -0.39 is 0 Å². The quantitative estimate of drug-likeness (QED) is 0.772. The van der Waals surface area contributed by atoms with Crippen LogP contribution < -0.4 is 4.74 Å². The van der Waals surface area contributed by atoms with Crippen LogP contribution in [0.15, 0.2) is 22.7 Å². The molecule has 0 saturated heterocycles. The molecular formula is C14H18BrO. The van der Waals surface area contributed by atoms with Gasteiger partial charge in [0, 0.05) is 4.47 Å². The molecule has 0 aromatic heterocycles. The first kappa shape index (κ1) is 12.0. The Morgan fingerprint density at radius 2 is 2.06 bits per heavy atom. The van der Waals surface area contributed by atoms with Gasteiger partial charge in [-0.25, -0.2) is 0 Å². The van der Waals surface area contributed by atoms with E-state index in [4.69, 9.17) is 4.74 Å². The molecule has 2 rings (SSSR count). The summed E-state index contributed by atoms with van der Waals surface area (Å²) in [7, 11) is 1.74. The van der Waals surface area contributed by atoms with Crippen LogP contribution >= 0.6 is 15.9 Å². The summed E-state index contributed by atoms with van der Waals surface area (Å²) in [4.78, 5) is 0. The minimum atomic E-state index is 0.531. The van der Waals surface area contributed by atoms with Crippen molar-refractivity contribution in [2.45, 2.75) is 31.6 Å². The van der Waals surface area contributed by atoms with Crippen molar-refractivity contribution in [1.82, 2.24) is 0 Å². The van der Waals surface area contributed by atoms with Crippen LogP contribution in [0.4, 0.5) is 0 Å². The van der Waals surface area contributed by atoms with E-state index in [0.717, 1.165) is 10.2 Å². The molecule has 1 aromatic carbocycles. The van der Waals surface area contributed by atoms with E-state index in [1.165, 1.54) is 31.2 Å². The topological polar surface area (TPSA) is 9.23 Å². The molecular weight excluding hydrogens is 264 g/mol. The number of methoxy groups -OCH3 is 1. The van der Waals surface area contributed by atoms with E-state index in [1.807, 2.05) is 0 Å². The number of rotatable bonds is 2. The summed E-state index contributed by atoms with van der Waals surface area (Å²) >= 11 is 3.48. The first-order valence-corrected chi connectivity index (χ1v) is 6.68. The normalized spacial score (nSPS) is 25.4. The second-order valence-corrected chi connectivity index (χ2v) is 5.45. The molecule has 2 unspecified atom stereocenters. The number of hydrogen-bond donors (Lipinski definition) is 0. The summed E-state index contributed by atoms with van der Waals surface area (Å²) in [6.45, 7) is 4.29. The van der Waals surface area contributed by atoms with Crippen LogP contribution in [0, 0.1) is 12.8 Å². The smallest absolute Gasteiger partial charge is 0.123 e. The highest BCUT2D eigenvalue weighted by Crippen LogP contribution is 2.41. The number of hydrogen-bond acceptors (Lipinski definition) is 1. The molecule has 2 atom stereocenters. The van der Waals surface area contributed by atoms with E-state index >= 15 is 0 Å². The molecule has 1 aliphatic carbocycles. The lowest BCUT2D eigenvalue weighted by atomic mass is 9.76. The third-order valence-electron chi connectivity index (χ3n) is 3.50. The molecule has 1 fully saturated rings. The fourth-order valence-electron chi connectivity index (χ4n) is 2.61. The summed E-state index contributed by atoms with van der Waals surface area (Å²) in [5.41, 5.74) is 1.32. The zero-order valence-electron chi connectivity index (χ0n) is 9.71. The third kappa shape index (κ3) is 2.42. The Labute approximate surface area is 106 Å². The highest BCUT2D eigenvalue weighted by Gasteiger charge is 2.25. The second-order valence-electron chi connectivity index (χ2n) is 4.54. The van der Waals surface area contributed by atoms with Gasteiger partial charge in [-0.1, -0.05) is 34.8 Å². The molecule has 1 saturated carbocycles. The van der Waals surface area contributed by atoms with Gasteiger partial charge in [0.25, 0.3) is 0 Å². The van der Waals surface area contributed by atoms with Crippen LogP contribution in [-0.2, 0) is 0 Å². The highest BCUT2D eigenvalue weighted by molar-refractivity contribution is 9.10. The molecule has 0 bridgehead atoms. The molecule has 0 aliphatic heterocycles. The molecule has 1 aliphatic rings. The summed E-state index contributed by atoms with van der Waals surface area (Å²) in [5, 5.41) is 0. The number of ether oxygens (including phenoxy) is 1. The zero-order valence-corrected chi connectivity index (χ0v) is 11.3. The minimum Gasteiger partial charge on any atom is -0.496 e. The van der Waals surface area contributed by atoms with Crippen LogP contribution in [0.5, 0.6) is 5.75 Å². The maximum atomic E-state index is 5.47. The maximum Gasteiger partial charge on any atom is 0.123 e. The molecule has 1 radical (unpaired) electrons. The summed E-state index contributed by atoms with van der Waals surface area (Å²) < 4.78 is 6.54. The van der Waals surface area contributed by atoms with Gasteiger partial charge in [-0.2, -0.15) is 0 Å². The summed E-state index contributed by atoms with van der Waals surface area (Å²) in [6.07, 6.45) is 5.12. The molecule has 0 amide bonds. The van der Waals surface area contributed by atoms with Gasteiger partial charge in [0.15, 0.2) is 0 Å². The first-order valence-electron chi connectivity index (χ1n) is 5.89. The Morgan fingerprint density at radius 1 is 1.31 bits per heavy atom. The van der Waals surface area contributed by atoms with E-state index in [2.05, 4.69) is 41.1 Å². The summed E-state index contributed by atoms with van der Waals surface area (Å²) in [5.74, 6) is 2.09. The SMILES string of the molecule is [CH2]C1CCCCC1c1ccc(Br)cc1OC. The molecule has 0 heterocycles. The van der Waals surface area contributed by atoms with Crippen molar-refractivity contribution in [2.24, 2.45) is 5.92 Å². The molecule has 87 valence electrons. The van der Waals surface area contributed by atoms with Crippen molar-refractivity contribution in [2.75, 3.05) is 7.11 Å². The van der Waals surface area contributed by atoms with Gasteiger partial charge in [0.05, 0.1) is 7.11 Å². The standard InChI is InChI=1S/C14H18BrO/c1-10-5-3-4-6-12(10)13-8-7-11(15)9-14(13)16-2/h7-10,12H,1,3-6H2,2H3. The Bertz CT molecular complexity index is 362. The van der Waals surface area contributed by atoms with Gasteiger partial charge in [0.1, 0.15) is 5.75 Å². The van der Waals surface area contributed by atoms with Crippen molar-refractivity contribution in [3.05, 3.63) is 35.2 Å². The Morgan fingerprint density at radius 3 is 2.75 bits per heavy atom. The van der Waals surface area contributed by atoms with E-state index in [-0.39, 0.29) is 0 Å². The number of halogens is 1. The number of benzene rings is 1. The second kappa shape index (κ2) is 5.22. The van der Waals surface area contributed by atoms with Crippen molar-refractivity contribution < 1.29 is 4.74 Å². The van der Waals surface area contributed by atoms with Gasteiger partial charge < -0.3 is 4.74 Å². The fraction of sp³-hybridized carbons (Fsp3) is 0.500. The van der Waals surface area contributed by atoms with Crippen molar-refractivity contribution in [3.63, 3.8) is 0 Å². The van der Waals surface area contributed by atoms with Gasteiger partial charge in [-0.15, -0.1) is 0 Å². The average molecular weight is 282 g/mol. The third-order valence-corrected chi connectivity index (χ3v) is 4.00. The van der Waals surface area contributed by atoms with Gasteiger partial charge >= 0.3 is 0 Å². The van der Waals surface area contributed by atoms with E-state index in [9.17, 15) is 0 Å². The van der Waals surface area contributed by atoms with Crippen LogP contribution in [-0.4, -0.2) is 7.11 Å². The van der Waals surface area contributed by atoms with Crippen molar-refractivity contribution in [1.29, 1.82) is 0 Å². The largest absolute Gasteiger partial charge is 0.496 e. The van der Waals surface area contributed by atoms with Crippen LogP contribution in [0.1, 0.15) is 37.2 Å². The molecule has 1 aromatic rings. The monoisotopic (exact) mass is 281 g/mol. The van der Waals surface area contributed by atoms with Gasteiger partial charge in [0.2, 0.25) is 0 Å². The Balaban J connectivity index is 2.30. The van der Waals surface area contributed by atoms with E-state index in [0.29, 0.717) is 11.8 Å². The lowest BCUT2D eigenvalue weighted by molar-refractivity contribution is 0.341. The lowest BCUT2D eigenvalue weighted by Crippen LogP contribution is -2.15. The van der Waals surface area contributed by atoms with Crippen LogP contribution in [0.2, 0.25) is 0 Å². The zero-order chi connectivity index (χ0) is 11.5. The minimum absolute atomic E-state index is 0.531. The predicted molar refractivity (Wildman–Crippen MR) is 70.8 cm³/mol. The van der Waals surface area contributed by atoms with Gasteiger partial charge in [-0.3, -0.25) is 0 Å². The first-order chi connectivity index (χ1) is 7.72. The Kier molecular flexibility index (Phi) is 3.91. The van der Waals surface area contributed by atoms with Crippen LogP contribution in [0.25, 0.3) is 0 Å². The molecule has 16 heavy (non-hydrogen) atoms. The predicted octanol–water partition coefficient (Wildman–Crippen LogP) is 4.57. The highest BCUT2D eigenvalue weighted by atomic mass is 79.9. The van der Waals surface area contributed by atoms with Gasteiger partial charge in [-0.05, 0) is 49.3 Å².